The van der Waals surface area contributed by atoms with Gasteiger partial charge in [-0.05, 0) is 50.6 Å². The standard InChI is InChI=1S/C16H20N4OS/c1-19(2)9-10-20-15(13-7-5-11-21-13)14(18-16(20)22)12-6-3-4-8-17-12/h3-8,11,14-15H,9-10H2,1-2H3,(H,18,22)/t14-,15+/m0/s1. The van der Waals surface area contributed by atoms with Gasteiger partial charge in [0, 0.05) is 19.3 Å². The van der Waals surface area contributed by atoms with Gasteiger partial charge in [0.1, 0.15) is 11.8 Å². The monoisotopic (exact) mass is 316 g/mol. The molecule has 6 heteroatoms. The SMILES string of the molecule is CN(C)CCN1C(=S)N[C@@H](c2ccccn2)[C@H]1c1ccco1. The van der Waals surface area contributed by atoms with Gasteiger partial charge in [-0.3, -0.25) is 4.98 Å². The highest BCUT2D eigenvalue weighted by molar-refractivity contribution is 7.80. The highest BCUT2D eigenvalue weighted by atomic mass is 32.1. The maximum Gasteiger partial charge on any atom is 0.170 e. The lowest BCUT2D eigenvalue weighted by Gasteiger charge is -2.27. The van der Waals surface area contributed by atoms with Crippen molar-refractivity contribution in [1.82, 2.24) is 20.1 Å². The first-order chi connectivity index (χ1) is 10.7. The molecule has 2 aromatic rings. The predicted molar refractivity (Wildman–Crippen MR) is 89.4 cm³/mol. The normalized spacial score (nSPS) is 21.4. The Morgan fingerprint density at radius 1 is 1.32 bits per heavy atom. The van der Waals surface area contributed by atoms with Crippen LogP contribution in [0.1, 0.15) is 23.5 Å². The Kier molecular flexibility index (Phi) is 4.40. The lowest BCUT2D eigenvalue weighted by atomic mass is 10.0. The Morgan fingerprint density at radius 2 is 2.18 bits per heavy atom. The van der Waals surface area contributed by atoms with Crippen molar-refractivity contribution in [2.75, 3.05) is 27.2 Å². The smallest absolute Gasteiger partial charge is 0.170 e. The van der Waals surface area contributed by atoms with Crippen LogP contribution >= 0.6 is 12.2 Å². The molecule has 22 heavy (non-hydrogen) atoms. The first kappa shape index (κ1) is 15.0. The summed E-state index contributed by atoms with van der Waals surface area (Å²) in [5.41, 5.74) is 0.971. The molecule has 2 atom stereocenters. The molecule has 5 nitrogen and oxygen atoms in total. The average molecular weight is 316 g/mol. The van der Waals surface area contributed by atoms with Crippen molar-refractivity contribution >= 4 is 17.3 Å². The third kappa shape index (κ3) is 2.98. The summed E-state index contributed by atoms with van der Waals surface area (Å²) in [5.74, 6) is 0.904. The van der Waals surface area contributed by atoms with E-state index < -0.39 is 0 Å². The summed E-state index contributed by atoms with van der Waals surface area (Å²) < 4.78 is 5.67. The number of nitrogens with zero attached hydrogens (tertiary/aromatic N) is 3. The highest BCUT2D eigenvalue weighted by Crippen LogP contribution is 2.38. The number of pyridine rings is 1. The van der Waals surface area contributed by atoms with Gasteiger partial charge < -0.3 is 19.5 Å². The number of hydrogen-bond donors (Lipinski definition) is 1. The lowest BCUT2D eigenvalue weighted by molar-refractivity contribution is 0.248. The minimum absolute atomic E-state index is 0.00186. The summed E-state index contributed by atoms with van der Waals surface area (Å²) in [6.45, 7) is 1.77. The Balaban J connectivity index is 1.92. The van der Waals surface area contributed by atoms with Gasteiger partial charge in [0.15, 0.2) is 5.11 Å². The molecule has 1 aliphatic heterocycles. The predicted octanol–water partition coefficient (Wildman–Crippen LogP) is 2.21. The van der Waals surface area contributed by atoms with Crippen LogP contribution in [0.4, 0.5) is 0 Å². The second-order valence-corrected chi connectivity index (χ2v) is 6.03. The van der Waals surface area contributed by atoms with E-state index in [0.29, 0.717) is 0 Å². The van der Waals surface area contributed by atoms with Gasteiger partial charge in [0.25, 0.3) is 0 Å². The van der Waals surface area contributed by atoms with Gasteiger partial charge in [-0.15, -0.1) is 0 Å². The van der Waals surface area contributed by atoms with E-state index >= 15 is 0 Å². The van der Waals surface area contributed by atoms with E-state index in [1.54, 1.807) is 6.26 Å². The summed E-state index contributed by atoms with van der Waals surface area (Å²) in [6, 6.07) is 9.87. The van der Waals surface area contributed by atoms with E-state index in [0.717, 1.165) is 29.7 Å². The first-order valence-corrected chi connectivity index (χ1v) is 7.74. The van der Waals surface area contributed by atoms with E-state index in [1.807, 2.05) is 36.5 Å². The molecule has 1 saturated heterocycles. The van der Waals surface area contributed by atoms with Crippen LogP contribution < -0.4 is 5.32 Å². The fourth-order valence-electron chi connectivity index (χ4n) is 2.72. The Morgan fingerprint density at radius 3 is 2.82 bits per heavy atom. The molecule has 1 aliphatic rings. The first-order valence-electron chi connectivity index (χ1n) is 7.33. The van der Waals surface area contributed by atoms with Gasteiger partial charge >= 0.3 is 0 Å². The molecule has 0 bridgehead atoms. The average Bonchev–Trinajstić information content (AvgIpc) is 3.13. The summed E-state index contributed by atoms with van der Waals surface area (Å²) in [4.78, 5) is 8.82. The number of aromatic nitrogens is 1. The van der Waals surface area contributed by atoms with Crippen molar-refractivity contribution in [3.05, 3.63) is 54.2 Å². The maximum atomic E-state index is 5.67. The van der Waals surface area contributed by atoms with Crippen LogP contribution in [0.3, 0.4) is 0 Å². The zero-order chi connectivity index (χ0) is 15.5. The lowest BCUT2D eigenvalue weighted by Crippen LogP contribution is -2.35. The van der Waals surface area contributed by atoms with Crippen molar-refractivity contribution in [2.45, 2.75) is 12.1 Å². The van der Waals surface area contributed by atoms with Crippen molar-refractivity contribution in [1.29, 1.82) is 0 Å². The van der Waals surface area contributed by atoms with Crippen molar-refractivity contribution in [2.24, 2.45) is 0 Å². The van der Waals surface area contributed by atoms with Crippen LogP contribution in [0.5, 0.6) is 0 Å². The number of nitrogens with one attached hydrogen (secondary N) is 1. The Bertz CT molecular complexity index is 614. The quantitative estimate of drug-likeness (QED) is 0.853. The molecule has 0 aromatic carbocycles. The van der Waals surface area contributed by atoms with Gasteiger partial charge in [-0.2, -0.15) is 0 Å². The van der Waals surface area contributed by atoms with Crippen LogP contribution in [0.25, 0.3) is 0 Å². The van der Waals surface area contributed by atoms with E-state index in [1.165, 1.54) is 0 Å². The zero-order valence-electron chi connectivity index (χ0n) is 12.8. The number of hydrogen-bond acceptors (Lipinski definition) is 4. The fourth-order valence-corrected chi connectivity index (χ4v) is 3.05. The van der Waals surface area contributed by atoms with Gasteiger partial charge in [-0.25, -0.2) is 0 Å². The van der Waals surface area contributed by atoms with Crippen molar-refractivity contribution in [3.8, 4) is 0 Å². The number of rotatable bonds is 5. The molecular weight excluding hydrogens is 296 g/mol. The fraction of sp³-hybridized carbons (Fsp3) is 0.375. The van der Waals surface area contributed by atoms with Crippen molar-refractivity contribution in [3.63, 3.8) is 0 Å². The largest absolute Gasteiger partial charge is 0.467 e. The molecule has 1 fully saturated rings. The zero-order valence-corrected chi connectivity index (χ0v) is 13.6. The molecule has 0 radical (unpaired) electrons. The number of thiocarbonyl (C=S) groups is 1. The van der Waals surface area contributed by atoms with Gasteiger partial charge in [0.2, 0.25) is 0 Å². The highest BCUT2D eigenvalue weighted by Gasteiger charge is 2.41. The van der Waals surface area contributed by atoms with E-state index in [-0.39, 0.29) is 12.1 Å². The van der Waals surface area contributed by atoms with Crippen LogP contribution in [0.2, 0.25) is 0 Å². The molecule has 3 rings (SSSR count). The second kappa shape index (κ2) is 6.46. The van der Waals surface area contributed by atoms with Crippen LogP contribution in [0, 0.1) is 0 Å². The number of furan rings is 1. The third-order valence-corrected chi connectivity index (χ3v) is 4.17. The molecule has 2 aromatic heterocycles. The molecule has 3 heterocycles. The molecule has 0 spiro atoms. The summed E-state index contributed by atoms with van der Waals surface area (Å²) in [7, 11) is 4.12. The minimum atomic E-state index is 0.00186. The molecule has 0 aliphatic carbocycles. The molecular formula is C16H20N4OS. The van der Waals surface area contributed by atoms with Crippen LogP contribution in [-0.4, -0.2) is 47.1 Å². The van der Waals surface area contributed by atoms with Crippen molar-refractivity contribution < 1.29 is 4.42 Å². The van der Waals surface area contributed by atoms with Crippen LogP contribution in [0.15, 0.2) is 47.2 Å². The molecule has 116 valence electrons. The number of likely N-dealkylation sites (N-methyl/N-ethyl adjacent to an activating group) is 1. The summed E-state index contributed by atoms with van der Waals surface area (Å²) in [6.07, 6.45) is 3.51. The summed E-state index contributed by atoms with van der Waals surface area (Å²) in [5, 5.41) is 4.15. The molecule has 1 N–H and O–H groups in total. The van der Waals surface area contributed by atoms with E-state index in [2.05, 4.69) is 34.2 Å². The van der Waals surface area contributed by atoms with Crippen LogP contribution in [-0.2, 0) is 0 Å². The van der Waals surface area contributed by atoms with Gasteiger partial charge in [0.05, 0.1) is 18.0 Å². The van der Waals surface area contributed by atoms with E-state index in [9.17, 15) is 0 Å². The molecule has 0 unspecified atom stereocenters. The Hall–Kier alpha value is -1.92. The molecule has 0 amide bonds. The van der Waals surface area contributed by atoms with E-state index in [4.69, 9.17) is 16.6 Å². The Labute approximate surface area is 135 Å². The second-order valence-electron chi connectivity index (χ2n) is 5.64. The minimum Gasteiger partial charge on any atom is -0.467 e. The topological polar surface area (TPSA) is 44.5 Å². The third-order valence-electron chi connectivity index (χ3n) is 3.82. The van der Waals surface area contributed by atoms with Gasteiger partial charge in [-0.1, -0.05) is 6.07 Å². The molecule has 0 saturated carbocycles. The maximum absolute atomic E-state index is 5.67. The summed E-state index contributed by atoms with van der Waals surface area (Å²) >= 11 is 5.55.